The van der Waals surface area contributed by atoms with Crippen molar-refractivity contribution < 1.29 is 23.1 Å². The van der Waals surface area contributed by atoms with Crippen LogP contribution < -0.4 is 10.1 Å². The van der Waals surface area contributed by atoms with Crippen molar-refractivity contribution in [2.75, 3.05) is 18.4 Å². The molecule has 2 amide bonds. The minimum absolute atomic E-state index is 0.0478. The Kier molecular flexibility index (Phi) is 7.45. The van der Waals surface area contributed by atoms with E-state index >= 15 is 0 Å². The van der Waals surface area contributed by atoms with Crippen LogP contribution in [0.5, 0.6) is 5.75 Å². The van der Waals surface area contributed by atoms with E-state index in [0.717, 1.165) is 37.5 Å². The Balaban J connectivity index is 1.44. The zero-order valence-corrected chi connectivity index (χ0v) is 16.6. The van der Waals surface area contributed by atoms with Crippen LogP contribution in [0.1, 0.15) is 38.5 Å². The molecule has 0 radical (unpaired) electrons. The maximum atomic E-state index is 12.2. The summed E-state index contributed by atoms with van der Waals surface area (Å²) in [5.74, 6) is 0.315. The first kappa shape index (κ1) is 21.1. The number of amides is 2. The molecule has 0 spiro atoms. The van der Waals surface area contributed by atoms with Crippen molar-refractivity contribution >= 4 is 28.5 Å². The van der Waals surface area contributed by atoms with Crippen LogP contribution in [0.2, 0.25) is 0 Å². The number of rotatable bonds is 8. The summed E-state index contributed by atoms with van der Waals surface area (Å²) in [5.41, 5.74) is 0.621. The van der Waals surface area contributed by atoms with Crippen LogP contribution in [0.3, 0.4) is 0 Å². The van der Waals surface area contributed by atoms with Crippen LogP contribution >= 0.6 is 11.5 Å². The number of halogens is 2. The van der Waals surface area contributed by atoms with Crippen molar-refractivity contribution in [1.29, 1.82) is 0 Å². The highest BCUT2D eigenvalue weighted by Crippen LogP contribution is 2.24. The quantitative estimate of drug-likeness (QED) is 0.694. The Morgan fingerprint density at radius 2 is 1.86 bits per heavy atom. The first-order chi connectivity index (χ1) is 14.0. The van der Waals surface area contributed by atoms with Crippen LogP contribution in [0, 0.1) is 0 Å². The highest BCUT2D eigenvalue weighted by Gasteiger charge is 2.17. The molecule has 0 unspecified atom stereocenters. The molecule has 2 aromatic rings. The lowest BCUT2D eigenvalue weighted by Gasteiger charge is -2.26. The lowest BCUT2D eigenvalue weighted by atomic mass is 10.1. The van der Waals surface area contributed by atoms with E-state index in [1.54, 1.807) is 12.1 Å². The second kappa shape index (κ2) is 10.2. The molecule has 0 bridgehead atoms. The van der Waals surface area contributed by atoms with E-state index in [-0.39, 0.29) is 24.0 Å². The first-order valence-corrected chi connectivity index (χ1v) is 10.2. The topological polar surface area (TPSA) is 84.4 Å². The number of hydrogen-bond donors (Lipinski definition) is 1. The van der Waals surface area contributed by atoms with Crippen molar-refractivity contribution in [3.63, 3.8) is 0 Å². The lowest BCUT2D eigenvalue weighted by Crippen LogP contribution is -2.35. The van der Waals surface area contributed by atoms with Crippen LogP contribution in [-0.4, -0.2) is 45.8 Å². The van der Waals surface area contributed by atoms with Gasteiger partial charge in [0.1, 0.15) is 5.75 Å². The number of hydrogen-bond acceptors (Lipinski definition) is 6. The molecule has 1 aromatic heterocycles. The number of nitrogens with zero attached hydrogens (tertiary/aromatic N) is 3. The molecule has 7 nitrogen and oxygen atoms in total. The molecule has 0 aliphatic carbocycles. The number of ether oxygens (including phenoxy) is 1. The van der Waals surface area contributed by atoms with Crippen molar-refractivity contribution in [1.82, 2.24) is 14.3 Å². The smallest absolute Gasteiger partial charge is 0.387 e. The van der Waals surface area contributed by atoms with Gasteiger partial charge >= 0.3 is 6.61 Å². The molecule has 156 valence electrons. The van der Waals surface area contributed by atoms with E-state index in [9.17, 15) is 18.4 Å². The first-order valence-electron chi connectivity index (χ1n) is 9.48. The third-order valence-electron chi connectivity index (χ3n) is 4.51. The second-order valence-corrected chi connectivity index (χ2v) is 7.42. The number of aromatic nitrogens is 2. The molecule has 1 aromatic carbocycles. The Labute approximate surface area is 171 Å². The number of carbonyl (C=O) groups is 2. The molecule has 1 fully saturated rings. The van der Waals surface area contributed by atoms with Gasteiger partial charge in [-0.1, -0.05) is 0 Å². The maximum Gasteiger partial charge on any atom is 0.387 e. The van der Waals surface area contributed by atoms with E-state index in [4.69, 9.17) is 0 Å². The third kappa shape index (κ3) is 6.45. The molecule has 1 aliphatic rings. The maximum absolute atomic E-state index is 12.2. The van der Waals surface area contributed by atoms with Crippen molar-refractivity contribution in [2.24, 2.45) is 0 Å². The van der Waals surface area contributed by atoms with Gasteiger partial charge in [-0.25, -0.2) is 0 Å². The summed E-state index contributed by atoms with van der Waals surface area (Å²) in [6.45, 7) is -1.25. The average Bonchev–Trinajstić information content (AvgIpc) is 3.17. The summed E-state index contributed by atoms with van der Waals surface area (Å²) >= 11 is 1.03. The summed E-state index contributed by atoms with van der Waals surface area (Å²) in [7, 11) is 0. The standard InChI is InChI=1S/C19H22F2N4O3S/c20-18(21)28-14-9-7-13(8-10-14)17-23-19(29-24-17)22-15(26)5-4-6-16(27)25-11-2-1-3-12-25/h7-10,18H,1-6,11-12H2,(H,22,23,24,26). The second-order valence-electron chi connectivity index (χ2n) is 6.67. The van der Waals surface area contributed by atoms with Crippen molar-refractivity contribution in [3.05, 3.63) is 24.3 Å². The summed E-state index contributed by atoms with van der Waals surface area (Å²) in [6, 6.07) is 5.94. The summed E-state index contributed by atoms with van der Waals surface area (Å²) in [4.78, 5) is 30.3. The number of piperidine rings is 1. The summed E-state index contributed by atoms with van der Waals surface area (Å²) in [5, 5.41) is 3.03. The fraction of sp³-hybridized carbons (Fsp3) is 0.474. The number of nitrogens with one attached hydrogen (secondary N) is 1. The molecule has 0 saturated carbocycles. The zero-order valence-electron chi connectivity index (χ0n) is 15.8. The molecule has 0 atom stereocenters. The molecule has 2 heterocycles. The summed E-state index contributed by atoms with van der Waals surface area (Å²) in [6.07, 6.45) is 4.35. The van der Waals surface area contributed by atoms with E-state index in [0.29, 0.717) is 29.4 Å². The normalized spacial score (nSPS) is 14.1. The van der Waals surface area contributed by atoms with Gasteiger partial charge in [-0.05, 0) is 49.9 Å². The van der Waals surface area contributed by atoms with Gasteiger partial charge in [0.25, 0.3) is 0 Å². The predicted molar refractivity (Wildman–Crippen MR) is 105 cm³/mol. The Morgan fingerprint density at radius 3 is 2.55 bits per heavy atom. The molecular formula is C19H22F2N4O3S. The fourth-order valence-corrected chi connectivity index (χ4v) is 3.67. The van der Waals surface area contributed by atoms with Crippen LogP contribution in [0.4, 0.5) is 13.9 Å². The number of alkyl halides is 2. The van der Waals surface area contributed by atoms with E-state index in [1.165, 1.54) is 18.6 Å². The van der Waals surface area contributed by atoms with Gasteiger partial charge in [-0.3, -0.25) is 9.59 Å². The van der Waals surface area contributed by atoms with Gasteiger partial charge in [-0.2, -0.15) is 18.1 Å². The van der Waals surface area contributed by atoms with Gasteiger partial charge in [0.2, 0.25) is 16.9 Å². The Morgan fingerprint density at radius 1 is 1.14 bits per heavy atom. The third-order valence-corrected chi connectivity index (χ3v) is 5.14. The summed E-state index contributed by atoms with van der Waals surface area (Å²) < 4.78 is 32.8. The lowest BCUT2D eigenvalue weighted by molar-refractivity contribution is -0.132. The number of benzene rings is 1. The molecule has 29 heavy (non-hydrogen) atoms. The highest BCUT2D eigenvalue weighted by atomic mass is 32.1. The van der Waals surface area contributed by atoms with Gasteiger partial charge in [0.15, 0.2) is 5.82 Å². The largest absolute Gasteiger partial charge is 0.435 e. The zero-order chi connectivity index (χ0) is 20.6. The number of carbonyl (C=O) groups excluding carboxylic acids is 2. The van der Waals surface area contributed by atoms with E-state index in [1.807, 2.05) is 4.90 Å². The fourth-order valence-electron chi connectivity index (χ4n) is 3.06. The number of likely N-dealkylation sites (tertiary alicyclic amines) is 1. The Hall–Kier alpha value is -2.62. The van der Waals surface area contributed by atoms with E-state index in [2.05, 4.69) is 19.4 Å². The molecule has 3 rings (SSSR count). The highest BCUT2D eigenvalue weighted by molar-refractivity contribution is 7.10. The average molecular weight is 424 g/mol. The predicted octanol–water partition coefficient (Wildman–Crippen LogP) is 3.93. The molecule has 1 aliphatic heterocycles. The van der Waals surface area contributed by atoms with Crippen molar-refractivity contribution in [2.45, 2.75) is 45.1 Å². The van der Waals surface area contributed by atoms with Gasteiger partial charge in [0.05, 0.1) is 0 Å². The van der Waals surface area contributed by atoms with Gasteiger partial charge in [-0.15, -0.1) is 0 Å². The molecular weight excluding hydrogens is 402 g/mol. The monoisotopic (exact) mass is 424 g/mol. The molecule has 1 saturated heterocycles. The SMILES string of the molecule is O=C(CCCC(=O)N1CCCCC1)Nc1nc(-c2ccc(OC(F)F)cc2)ns1. The molecule has 1 N–H and O–H groups in total. The minimum atomic E-state index is -2.88. The van der Waals surface area contributed by atoms with E-state index < -0.39 is 6.61 Å². The minimum Gasteiger partial charge on any atom is -0.435 e. The van der Waals surface area contributed by atoms with Crippen LogP contribution in [0.25, 0.3) is 11.4 Å². The van der Waals surface area contributed by atoms with Gasteiger partial charge in [0, 0.05) is 43.0 Å². The van der Waals surface area contributed by atoms with Crippen LogP contribution in [-0.2, 0) is 9.59 Å². The molecule has 10 heteroatoms. The Bertz CT molecular complexity index is 823. The van der Waals surface area contributed by atoms with Crippen LogP contribution in [0.15, 0.2) is 24.3 Å². The van der Waals surface area contributed by atoms with Gasteiger partial charge < -0.3 is 15.0 Å². The van der Waals surface area contributed by atoms with Crippen molar-refractivity contribution in [3.8, 4) is 17.1 Å². The number of anilines is 1.